The molecule has 5 nitrogen and oxygen atoms in total. The van der Waals surface area contributed by atoms with Crippen LogP contribution in [0, 0.1) is 5.82 Å². The van der Waals surface area contributed by atoms with Crippen LogP contribution in [0.3, 0.4) is 0 Å². The molecule has 0 aromatic heterocycles. The maximum absolute atomic E-state index is 12.9. The van der Waals surface area contributed by atoms with Crippen molar-refractivity contribution in [3.8, 4) is 5.75 Å². The predicted molar refractivity (Wildman–Crippen MR) is 100 cm³/mol. The molecule has 0 saturated heterocycles. The number of ether oxygens (including phenoxy) is 2. The van der Waals surface area contributed by atoms with Gasteiger partial charge in [0.15, 0.2) is 12.2 Å². The number of carbonyl (C=O) groups is 2. The first kappa shape index (κ1) is 20.7. The number of hydrogen-bond acceptors (Lipinski definition) is 4. The number of benzene rings is 2. The smallest absolute Gasteiger partial charge is 0.350 e. The standard InChI is InChI=1S/C20H21ClFNO4/c1-13(14-5-4-6-15(21)11-14)23-18(24)12-26-19(25)20(2,3)27-17-9-7-16(22)8-10-17/h4-11,13H,12H2,1-3H3,(H,23,24)/t13-/m1/s1. The largest absolute Gasteiger partial charge is 0.476 e. The Morgan fingerprint density at radius 3 is 2.48 bits per heavy atom. The first-order chi connectivity index (χ1) is 12.7. The molecule has 1 atom stereocenters. The van der Waals surface area contributed by atoms with Crippen LogP contribution in [0.15, 0.2) is 48.5 Å². The van der Waals surface area contributed by atoms with Gasteiger partial charge in [-0.15, -0.1) is 0 Å². The molecule has 7 heteroatoms. The highest BCUT2D eigenvalue weighted by molar-refractivity contribution is 6.30. The highest BCUT2D eigenvalue weighted by atomic mass is 35.5. The number of esters is 1. The van der Waals surface area contributed by atoms with Crippen molar-refractivity contribution in [1.29, 1.82) is 0 Å². The number of amides is 1. The van der Waals surface area contributed by atoms with E-state index in [9.17, 15) is 14.0 Å². The highest BCUT2D eigenvalue weighted by Crippen LogP contribution is 2.20. The van der Waals surface area contributed by atoms with Gasteiger partial charge in [-0.05, 0) is 62.7 Å². The third kappa shape index (κ3) is 6.25. The topological polar surface area (TPSA) is 64.6 Å². The van der Waals surface area contributed by atoms with Crippen LogP contribution in [0.1, 0.15) is 32.4 Å². The molecule has 0 aliphatic carbocycles. The third-order valence-electron chi connectivity index (χ3n) is 3.74. The SMILES string of the molecule is C[C@@H](NC(=O)COC(=O)C(C)(C)Oc1ccc(F)cc1)c1cccc(Cl)c1. The van der Waals surface area contributed by atoms with Crippen molar-refractivity contribution in [3.63, 3.8) is 0 Å². The van der Waals surface area contributed by atoms with Gasteiger partial charge in [0, 0.05) is 5.02 Å². The second-order valence-electron chi connectivity index (χ2n) is 6.49. The Hall–Kier alpha value is -2.60. The summed E-state index contributed by atoms with van der Waals surface area (Å²) in [5, 5.41) is 3.30. The molecule has 0 radical (unpaired) electrons. The second kappa shape index (κ2) is 8.86. The second-order valence-corrected chi connectivity index (χ2v) is 6.92. The molecule has 0 bridgehead atoms. The summed E-state index contributed by atoms with van der Waals surface area (Å²) in [4.78, 5) is 24.3. The minimum Gasteiger partial charge on any atom is -0.476 e. The van der Waals surface area contributed by atoms with Gasteiger partial charge in [0.25, 0.3) is 5.91 Å². The Morgan fingerprint density at radius 2 is 1.85 bits per heavy atom. The quantitative estimate of drug-likeness (QED) is 0.720. The minimum atomic E-state index is -1.34. The van der Waals surface area contributed by atoms with Crippen molar-refractivity contribution >= 4 is 23.5 Å². The van der Waals surface area contributed by atoms with Crippen molar-refractivity contribution in [3.05, 3.63) is 64.9 Å². The molecular formula is C20H21ClFNO4. The number of nitrogens with one attached hydrogen (secondary N) is 1. The molecule has 2 rings (SSSR count). The van der Waals surface area contributed by atoms with E-state index in [1.165, 1.54) is 38.1 Å². The zero-order chi connectivity index (χ0) is 20.0. The summed E-state index contributed by atoms with van der Waals surface area (Å²) in [7, 11) is 0. The number of carbonyl (C=O) groups excluding carboxylic acids is 2. The lowest BCUT2D eigenvalue weighted by Gasteiger charge is -2.24. The maximum Gasteiger partial charge on any atom is 0.350 e. The molecule has 0 saturated carbocycles. The summed E-state index contributed by atoms with van der Waals surface area (Å²) in [6, 6.07) is 12.1. The van der Waals surface area contributed by atoms with Crippen molar-refractivity contribution in [1.82, 2.24) is 5.32 Å². The van der Waals surface area contributed by atoms with Crippen LogP contribution in [0.4, 0.5) is 4.39 Å². The van der Waals surface area contributed by atoms with E-state index >= 15 is 0 Å². The molecule has 2 aromatic carbocycles. The van der Waals surface area contributed by atoms with Gasteiger partial charge in [0.1, 0.15) is 11.6 Å². The zero-order valence-corrected chi connectivity index (χ0v) is 16.0. The van der Waals surface area contributed by atoms with Gasteiger partial charge in [0.05, 0.1) is 6.04 Å². The van der Waals surface area contributed by atoms with Crippen LogP contribution < -0.4 is 10.1 Å². The molecule has 0 aliphatic heterocycles. The Morgan fingerprint density at radius 1 is 1.19 bits per heavy atom. The summed E-state index contributed by atoms with van der Waals surface area (Å²) >= 11 is 5.94. The van der Waals surface area contributed by atoms with Crippen molar-refractivity contribution in [2.45, 2.75) is 32.4 Å². The molecule has 0 fully saturated rings. The molecule has 2 aromatic rings. The first-order valence-corrected chi connectivity index (χ1v) is 8.72. The molecule has 0 aliphatic rings. The van der Waals surface area contributed by atoms with Crippen LogP contribution in [-0.2, 0) is 14.3 Å². The Labute approximate surface area is 162 Å². The van der Waals surface area contributed by atoms with Crippen LogP contribution >= 0.6 is 11.6 Å². The Bertz CT molecular complexity index is 808. The average molecular weight is 394 g/mol. The lowest BCUT2D eigenvalue weighted by Crippen LogP contribution is -2.41. The fraction of sp³-hybridized carbons (Fsp3) is 0.300. The first-order valence-electron chi connectivity index (χ1n) is 8.34. The molecule has 0 heterocycles. The van der Waals surface area contributed by atoms with Gasteiger partial charge < -0.3 is 14.8 Å². The lowest BCUT2D eigenvalue weighted by molar-refractivity contribution is -0.162. The van der Waals surface area contributed by atoms with Gasteiger partial charge >= 0.3 is 5.97 Å². The van der Waals surface area contributed by atoms with E-state index in [4.69, 9.17) is 21.1 Å². The minimum absolute atomic E-state index is 0.293. The highest BCUT2D eigenvalue weighted by Gasteiger charge is 2.32. The summed E-state index contributed by atoms with van der Waals surface area (Å²) in [5.41, 5.74) is -0.501. The summed E-state index contributed by atoms with van der Waals surface area (Å²) in [6.45, 7) is 4.36. The monoisotopic (exact) mass is 393 g/mol. The summed E-state index contributed by atoms with van der Waals surface area (Å²) in [6.07, 6.45) is 0. The number of rotatable bonds is 7. The molecular weight excluding hydrogens is 373 g/mol. The average Bonchev–Trinajstić information content (AvgIpc) is 2.61. The fourth-order valence-electron chi connectivity index (χ4n) is 2.29. The van der Waals surface area contributed by atoms with E-state index in [1.807, 2.05) is 6.07 Å². The van der Waals surface area contributed by atoms with Gasteiger partial charge in [0.2, 0.25) is 0 Å². The van der Waals surface area contributed by atoms with Crippen LogP contribution in [-0.4, -0.2) is 24.1 Å². The maximum atomic E-state index is 12.9. The fourth-order valence-corrected chi connectivity index (χ4v) is 2.48. The molecule has 0 spiro atoms. The molecule has 144 valence electrons. The lowest BCUT2D eigenvalue weighted by atomic mass is 10.1. The normalized spacial score (nSPS) is 12.2. The van der Waals surface area contributed by atoms with Gasteiger partial charge in [-0.3, -0.25) is 4.79 Å². The third-order valence-corrected chi connectivity index (χ3v) is 3.97. The molecule has 1 amide bonds. The number of halogens is 2. The van der Waals surface area contributed by atoms with Crippen LogP contribution in [0.2, 0.25) is 5.02 Å². The van der Waals surface area contributed by atoms with E-state index in [-0.39, 0.29) is 6.04 Å². The van der Waals surface area contributed by atoms with Crippen molar-refractivity contribution in [2.75, 3.05) is 6.61 Å². The van der Waals surface area contributed by atoms with E-state index in [0.29, 0.717) is 10.8 Å². The van der Waals surface area contributed by atoms with E-state index < -0.39 is 29.9 Å². The van der Waals surface area contributed by atoms with E-state index in [0.717, 1.165) is 5.56 Å². The van der Waals surface area contributed by atoms with Crippen molar-refractivity contribution in [2.24, 2.45) is 0 Å². The van der Waals surface area contributed by atoms with Gasteiger partial charge in [-0.1, -0.05) is 23.7 Å². The van der Waals surface area contributed by atoms with Gasteiger partial charge in [-0.25, -0.2) is 9.18 Å². The van der Waals surface area contributed by atoms with Crippen molar-refractivity contribution < 1.29 is 23.5 Å². The van der Waals surface area contributed by atoms with Crippen LogP contribution in [0.25, 0.3) is 0 Å². The van der Waals surface area contributed by atoms with Crippen LogP contribution in [0.5, 0.6) is 5.75 Å². The molecule has 27 heavy (non-hydrogen) atoms. The Kier molecular flexibility index (Phi) is 6.80. The van der Waals surface area contributed by atoms with E-state index in [1.54, 1.807) is 25.1 Å². The Balaban J connectivity index is 1.86. The van der Waals surface area contributed by atoms with Gasteiger partial charge in [-0.2, -0.15) is 0 Å². The summed E-state index contributed by atoms with van der Waals surface area (Å²) in [5.74, 6) is -1.25. The zero-order valence-electron chi connectivity index (χ0n) is 15.3. The molecule has 1 N–H and O–H groups in total. The number of hydrogen-bond donors (Lipinski definition) is 1. The molecule has 0 unspecified atom stereocenters. The van der Waals surface area contributed by atoms with E-state index in [2.05, 4.69) is 5.32 Å². The predicted octanol–water partition coefficient (Wildman–Crippen LogP) is 4.06. The summed E-state index contributed by atoms with van der Waals surface area (Å²) < 4.78 is 23.5.